The first-order valence-electron chi connectivity index (χ1n) is 7.21. The number of ether oxygens (including phenoxy) is 1. The van der Waals surface area contributed by atoms with Crippen molar-refractivity contribution in [2.24, 2.45) is 0 Å². The van der Waals surface area contributed by atoms with E-state index in [-0.39, 0.29) is 12.0 Å². The van der Waals surface area contributed by atoms with Gasteiger partial charge in [-0.1, -0.05) is 0 Å². The number of esters is 1. The van der Waals surface area contributed by atoms with E-state index in [2.05, 4.69) is 24.1 Å². The van der Waals surface area contributed by atoms with Gasteiger partial charge >= 0.3 is 5.97 Å². The maximum Gasteiger partial charge on any atom is 0.322 e. The number of nitrogens with zero attached hydrogens (tertiary/aromatic N) is 1. The van der Waals surface area contributed by atoms with Crippen LogP contribution >= 0.6 is 0 Å². The Kier molecular flexibility index (Phi) is 6.65. The molecule has 2 atom stereocenters. The van der Waals surface area contributed by atoms with Crippen LogP contribution in [0.1, 0.15) is 47.0 Å². The van der Waals surface area contributed by atoms with Crippen molar-refractivity contribution in [1.29, 1.82) is 0 Å². The average molecular weight is 256 g/mol. The van der Waals surface area contributed by atoms with Crippen molar-refractivity contribution in [2.45, 2.75) is 65.1 Å². The molecule has 1 fully saturated rings. The summed E-state index contributed by atoms with van der Waals surface area (Å²) >= 11 is 0. The van der Waals surface area contributed by atoms with Crippen LogP contribution in [0.2, 0.25) is 0 Å². The predicted molar refractivity (Wildman–Crippen MR) is 73.6 cm³/mol. The van der Waals surface area contributed by atoms with Gasteiger partial charge in [0.05, 0.1) is 6.61 Å². The number of likely N-dealkylation sites (tertiary alicyclic amines) is 1. The van der Waals surface area contributed by atoms with Crippen LogP contribution in [0.5, 0.6) is 0 Å². The molecule has 106 valence electrons. The summed E-state index contributed by atoms with van der Waals surface area (Å²) in [5.74, 6) is -0.137. The number of nitrogens with one attached hydrogen (secondary N) is 1. The molecule has 1 heterocycles. The Hall–Kier alpha value is -0.610. The SMILES string of the molecule is CCOC(=O)C(C)NC1CCCN(C(C)C)CC1. The molecule has 0 aromatic rings. The van der Waals surface area contributed by atoms with Gasteiger partial charge in [-0.25, -0.2) is 0 Å². The zero-order valence-electron chi connectivity index (χ0n) is 12.2. The van der Waals surface area contributed by atoms with E-state index in [0.29, 0.717) is 18.7 Å². The van der Waals surface area contributed by atoms with Crippen LogP contribution in [0.3, 0.4) is 0 Å². The summed E-state index contributed by atoms with van der Waals surface area (Å²) in [7, 11) is 0. The summed E-state index contributed by atoms with van der Waals surface area (Å²) in [6.07, 6.45) is 3.46. The second kappa shape index (κ2) is 7.74. The van der Waals surface area contributed by atoms with Crippen LogP contribution in [0.4, 0.5) is 0 Å². The summed E-state index contributed by atoms with van der Waals surface area (Å²) in [5.41, 5.74) is 0. The van der Waals surface area contributed by atoms with Crippen LogP contribution in [0.25, 0.3) is 0 Å². The quantitative estimate of drug-likeness (QED) is 0.762. The summed E-state index contributed by atoms with van der Waals surface area (Å²) in [6.45, 7) is 11.0. The zero-order valence-corrected chi connectivity index (χ0v) is 12.2. The average Bonchev–Trinajstić information content (AvgIpc) is 2.55. The van der Waals surface area contributed by atoms with Gasteiger partial charge in [0.2, 0.25) is 0 Å². The van der Waals surface area contributed by atoms with E-state index in [4.69, 9.17) is 4.74 Å². The molecule has 18 heavy (non-hydrogen) atoms. The number of hydrogen-bond acceptors (Lipinski definition) is 4. The maximum absolute atomic E-state index is 11.6. The highest BCUT2D eigenvalue weighted by Gasteiger charge is 2.22. The molecule has 0 radical (unpaired) electrons. The molecule has 1 aliphatic rings. The van der Waals surface area contributed by atoms with Crippen molar-refractivity contribution in [2.75, 3.05) is 19.7 Å². The van der Waals surface area contributed by atoms with Gasteiger partial charge in [-0.05, 0) is 60.0 Å². The number of hydrogen-bond donors (Lipinski definition) is 1. The molecule has 4 heteroatoms. The molecular formula is C14H28N2O2. The van der Waals surface area contributed by atoms with E-state index < -0.39 is 0 Å². The molecule has 0 bridgehead atoms. The van der Waals surface area contributed by atoms with Crippen LogP contribution in [0, 0.1) is 0 Å². The first-order valence-corrected chi connectivity index (χ1v) is 7.21. The lowest BCUT2D eigenvalue weighted by Gasteiger charge is -2.25. The molecule has 0 spiro atoms. The van der Waals surface area contributed by atoms with Crippen molar-refractivity contribution < 1.29 is 9.53 Å². The van der Waals surface area contributed by atoms with Crippen LogP contribution in [0.15, 0.2) is 0 Å². The summed E-state index contributed by atoms with van der Waals surface area (Å²) in [4.78, 5) is 14.1. The minimum atomic E-state index is -0.194. The van der Waals surface area contributed by atoms with Crippen molar-refractivity contribution in [3.8, 4) is 0 Å². The minimum Gasteiger partial charge on any atom is -0.465 e. The van der Waals surface area contributed by atoms with Crippen LogP contribution in [-0.2, 0) is 9.53 Å². The third-order valence-electron chi connectivity index (χ3n) is 3.62. The van der Waals surface area contributed by atoms with Gasteiger partial charge in [0.25, 0.3) is 0 Å². The lowest BCUT2D eigenvalue weighted by Crippen LogP contribution is -2.42. The molecular weight excluding hydrogens is 228 g/mol. The highest BCUT2D eigenvalue weighted by Crippen LogP contribution is 2.14. The first-order chi connectivity index (χ1) is 8.54. The predicted octanol–water partition coefficient (Wildman–Crippen LogP) is 1.79. The summed E-state index contributed by atoms with van der Waals surface area (Å²) < 4.78 is 5.02. The number of carbonyl (C=O) groups is 1. The summed E-state index contributed by atoms with van der Waals surface area (Å²) in [5, 5.41) is 3.40. The lowest BCUT2D eigenvalue weighted by molar-refractivity contribution is -0.145. The Morgan fingerprint density at radius 1 is 1.33 bits per heavy atom. The molecule has 1 saturated heterocycles. The Bertz CT molecular complexity index is 256. The fraction of sp³-hybridized carbons (Fsp3) is 0.929. The molecule has 2 unspecified atom stereocenters. The van der Waals surface area contributed by atoms with Gasteiger partial charge in [0, 0.05) is 12.1 Å². The van der Waals surface area contributed by atoms with E-state index >= 15 is 0 Å². The molecule has 1 N–H and O–H groups in total. The van der Waals surface area contributed by atoms with E-state index in [9.17, 15) is 4.79 Å². The molecule has 1 rings (SSSR count). The normalized spacial score (nSPS) is 23.7. The Balaban J connectivity index is 2.37. The first kappa shape index (κ1) is 15.4. The molecule has 0 aliphatic carbocycles. The Labute approximate surface area is 111 Å². The molecule has 0 aromatic carbocycles. The maximum atomic E-state index is 11.6. The molecule has 1 aliphatic heterocycles. The largest absolute Gasteiger partial charge is 0.465 e. The third-order valence-corrected chi connectivity index (χ3v) is 3.62. The zero-order chi connectivity index (χ0) is 13.5. The number of rotatable bonds is 5. The third kappa shape index (κ3) is 4.94. The van der Waals surface area contributed by atoms with Crippen molar-refractivity contribution >= 4 is 5.97 Å². The van der Waals surface area contributed by atoms with Gasteiger partial charge in [0.1, 0.15) is 6.04 Å². The second-order valence-electron chi connectivity index (χ2n) is 5.40. The molecule has 0 saturated carbocycles. The topological polar surface area (TPSA) is 41.6 Å². The fourth-order valence-electron chi connectivity index (χ4n) is 2.49. The van der Waals surface area contributed by atoms with E-state index in [1.54, 1.807) is 0 Å². The molecule has 0 amide bonds. The van der Waals surface area contributed by atoms with E-state index in [1.807, 2.05) is 13.8 Å². The van der Waals surface area contributed by atoms with Crippen LogP contribution < -0.4 is 5.32 Å². The standard InChI is InChI=1S/C14H28N2O2/c1-5-18-14(17)12(4)15-13-7-6-9-16(10-8-13)11(2)3/h11-13,15H,5-10H2,1-4H3. The fourth-order valence-corrected chi connectivity index (χ4v) is 2.49. The minimum absolute atomic E-state index is 0.137. The van der Waals surface area contributed by atoms with Gasteiger partial charge in [-0.15, -0.1) is 0 Å². The number of carbonyl (C=O) groups excluding carboxylic acids is 1. The van der Waals surface area contributed by atoms with Crippen LogP contribution in [-0.4, -0.2) is 48.7 Å². The van der Waals surface area contributed by atoms with Crippen molar-refractivity contribution in [3.63, 3.8) is 0 Å². The van der Waals surface area contributed by atoms with Gasteiger partial charge < -0.3 is 15.0 Å². The second-order valence-corrected chi connectivity index (χ2v) is 5.40. The lowest BCUT2D eigenvalue weighted by atomic mass is 10.1. The Morgan fingerprint density at radius 3 is 2.67 bits per heavy atom. The van der Waals surface area contributed by atoms with Crippen molar-refractivity contribution in [3.05, 3.63) is 0 Å². The van der Waals surface area contributed by atoms with E-state index in [1.165, 1.54) is 13.0 Å². The summed E-state index contributed by atoms with van der Waals surface area (Å²) in [6, 6.07) is 0.861. The van der Waals surface area contributed by atoms with Crippen molar-refractivity contribution in [1.82, 2.24) is 10.2 Å². The highest BCUT2D eigenvalue weighted by molar-refractivity contribution is 5.75. The Morgan fingerprint density at radius 2 is 2.06 bits per heavy atom. The van der Waals surface area contributed by atoms with Gasteiger partial charge in [0.15, 0.2) is 0 Å². The highest BCUT2D eigenvalue weighted by atomic mass is 16.5. The smallest absolute Gasteiger partial charge is 0.322 e. The van der Waals surface area contributed by atoms with E-state index in [0.717, 1.165) is 19.4 Å². The van der Waals surface area contributed by atoms with Gasteiger partial charge in [-0.3, -0.25) is 4.79 Å². The molecule has 4 nitrogen and oxygen atoms in total. The molecule has 0 aromatic heterocycles. The monoisotopic (exact) mass is 256 g/mol. The van der Waals surface area contributed by atoms with Gasteiger partial charge in [-0.2, -0.15) is 0 Å².